The van der Waals surface area contributed by atoms with Crippen LogP contribution in [-0.4, -0.2) is 38.7 Å². The third-order valence-corrected chi connectivity index (χ3v) is 5.76. The normalized spacial score (nSPS) is 17.0. The molecule has 24 heavy (non-hydrogen) atoms. The number of hydrogen-bond acceptors (Lipinski definition) is 4. The molecule has 1 fully saturated rings. The molecule has 1 aliphatic rings. The van der Waals surface area contributed by atoms with Crippen LogP contribution in [0.1, 0.15) is 54.9 Å². The van der Waals surface area contributed by atoms with Crippen LogP contribution in [0.15, 0.2) is 18.2 Å². The zero-order valence-corrected chi connectivity index (χ0v) is 18.2. The molecule has 1 aliphatic carbocycles. The molecule has 4 nitrogen and oxygen atoms in total. The molecule has 0 N–H and O–H groups in total. The number of ether oxygens (including phenoxy) is 1. The summed E-state index contributed by atoms with van der Waals surface area (Å²) in [6.45, 7) is 9.12. The van der Waals surface area contributed by atoms with Crippen LogP contribution in [0, 0.1) is 5.41 Å². The van der Waals surface area contributed by atoms with E-state index >= 15 is 0 Å². The van der Waals surface area contributed by atoms with E-state index in [1.54, 1.807) is 0 Å². The average Bonchev–Trinajstić information content (AvgIpc) is 3.39. The summed E-state index contributed by atoms with van der Waals surface area (Å²) in [5.74, 6) is 1.32. The molecule has 2 rings (SSSR count). The third-order valence-electron chi connectivity index (χ3n) is 4.49. The van der Waals surface area contributed by atoms with Gasteiger partial charge in [0.15, 0.2) is 25.8 Å². The summed E-state index contributed by atoms with van der Waals surface area (Å²) in [5, 5.41) is 0. The Morgan fingerprint density at radius 2 is 1.92 bits per heavy atom. The number of carbonyl (C=O) groups is 1. The van der Waals surface area contributed by atoms with E-state index in [9.17, 15) is 4.79 Å². The third kappa shape index (κ3) is 5.27. The highest BCUT2D eigenvalue weighted by Gasteiger charge is 2.30. The summed E-state index contributed by atoms with van der Waals surface area (Å²) in [6, 6.07) is 6.00. The highest BCUT2D eigenvalue weighted by Crippen LogP contribution is 2.41. The van der Waals surface area contributed by atoms with Gasteiger partial charge in [-0.05, 0) is 42.9 Å². The highest BCUT2D eigenvalue weighted by molar-refractivity contribution is 6.26. The van der Waals surface area contributed by atoms with Crippen molar-refractivity contribution in [1.82, 2.24) is 0 Å². The van der Waals surface area contributed by atoms with E-state index in [0.717, 1.165) is 12.7 Å². The molecule has 134 valence electrons. The Hall–Kier alpha value is -0.956. The van der Waals surface area contributed by atoms with E-state index in [1.807, 2.05) is 12.1 Å². The summed E-state index contributed by atoms with van der Waals surface area (Å²) >= 11 is 0. The monoisotopic (exact) mass is 366 g/mol. The molecular formula is C18H30O4Si2. The fourth-order valence-corrected chi connectivity index (χ4v) is 4.70. The quantitative estimate of drug-likeness (QED) is 0.343. The van der Waals surface area contributed by atoms with Crippen LogP contribution in [0.3, 0.4) is 0 Å². The second-order valence-electron chi connectivity index (χ2n) is 7.02. The molecule has 0 aliphatic heterocycles. The Labute approximate surface area is 150 Å². The number of aldehydes is 1. The average molecular weight is 367 g/mol. The molecule has 0 unspecified atom stereocenters. The minimum atomic E-state index is -0.514. The van der Waals surface area contributed by atoms with Crippen molar-refractivity contribution in [2.24, 2.45) is 5.41 Å². The van der Waals surface area contributed by atoms with Crippen LogP contribution >= 0.6 is 0 Å². The minimum Gasteiger partial charge on any atom is -0.493 e. The predicted octanol–water partition coefficient (Wildman–Crippen LogP) is 2.79. The molecule has 1 aromatic rings. The second-order valence-corrected chi connectivity index (χ2v) is 8.84. The zero-order chi connectivity index (χ0) is 17.6. The van der Waals surface area contributed by atoms with Gasteiger partial charge in [-0.2, -0.15) is 0 Å². The van der Waals surface area contributed by atoms with Crippen LogP contribution in [0.4, 0.5) is 0 Å². The summed E-state index contributed by atoms with van der Waals surface area (Å²) in [5.41, 5.74) is 1.82. The Balaban J connectivity index is 1.93. The lowest BCUT2D eigenvalue weighted by Crippen LogP contribution is -2.37. The molecule has 0 aromatic heterocycles. The van der Waals surface area contributed by atoms with E-state index in [2.05, 4.69) is 33.0 Å². The second kappa shape index (κ2) is 8.94. The van der Waals surface area contributed by atoms with Gasteiger partial charge in [0.1, 0.15) is 12.0 Å². The standard InChI is InChI=1S/C18H30O4Si2/c1-18(2,17(21-23-3)22-24-4)9-10-20-16-8-7-14(13-5-6-13)11-15(16)12-19/h7-8,11-13,17H,5-6,9-10,23-24H2,1-4H3. The Morgan fingerprint density at radius 3 is 2.46 bits per heavy atom. The first-order chi connectivity index (χ1) is 11.5. The van der Waals surface area contributed by atoms with E-state index in [-0.39, 0.29) is 11.7 Å². The molecule has 0 atom stereocenters. The smallest absolute Gasteiger partial charge is 0.161 e. The summed E-state index contributed by atoms with van der Waals surface area (Å²) < 4.78 is 17.7. The zero-order valence-electron chi connectivity index (χ0n) is 15.3. The minimum absolute atomic E-state index is 0.0959. The predicted molar refractivity (Wildman–Crippen MR) is 102 cm³/mol. The van der Waals surface area contributed by atoms with E-state index in [4.69, 9.17) is 13.6 Å². The van der Waals surface area contributed by atoms with Gasteiger partial charge in [-0.25, -0.2) is 0 Å². The largest absolute Gasteiger partial charge is 0.493 e. The summed E-state index contributed by atoms with van der Waals surface area (Å²) in [4.78, 5) is 11.4. The van der Waals surface area contributed by atoms with Crippen LogP contribution in [0.2, 0.25) is 13.1 Å². The Morgan fingerprint density at radius 1 is 1.25 bits per heavy atom. The van der Waals surface area contributed by atoms with Gasteiger partial charge in [0.2, 0.25) is 0 Å². The molecule has 6 heteroatoms. The molecule has 0 amide bonds. The van der Waals surface area contributed by atoms with Gasteiger partial charge < -0.3 is 13.6 Å². The molecule has 0 heterocycles. The first-order valence-corrected chi connectivity index (χ1v) is 12.9. The Bertz CT molecular complexity index is 538. The first-order valence-electron chi connectivity index (χ1n) is 8.97. The van der Waals surface area contributed by atoms with Gasteiger partial charge in [0, 0.05) is 5.41 Å². The maximum Gasteiger partial charge on any atom is 0.161 e. The van der Waals surface area contributed by atoms with Crippen molar-refractivity contribution in [3.63, 3.8) is 0 Å². The van der Waals surface area contributed by atoms with Crippen molar-refractivity contribution in [3.8, 4) is 5.75 Å². The fraction of sp³-hybridized carbons (Fsp3) is 0.611. The van der Waals surface area contributed by atoms with Crippen LogP contribution < -0.4 is 4.74 Å². The van der Waals surface area contributed by atoms with Gasteiger partial charge >= 0.3 is 0 Å². The maximum atomic E-state index is 11.4. The molecule has 0 spiro atoms. The van der Waals surface area contributed by atoms with E-state index < -0.39 is 19.5 Å². The lowest BCUT2D eigenvalue weighted by atomic mass is 9.89. The van der Waals surface area contributed by atoms with Crippen molar-refractivity contribution in [2.75, 3.05) is 6.61 Å². The Kier molecular flexibility index (Phi) is 7.22. The van der Waals surface area contributed by atoms with Gasteiger partial charge in [0.25, 0.3) is 0 Å². The number of hydrogen-bond donors (Lipinski definition) is 0. The molecule has 1 saturated carbocycles. The summed E-state index contributed by atoms with van der Waals surface area (Å²) in [7, 11) is -1.03. The lowest BCUT2D eigenvalue weighted by Gasteiger charge is -2.34. The van der Waals surface area contributed by atoms with Crippen molar-refractivity contribution in [3.05, 3.63) is 29.3 Å². The lowest BCUT2D eigenvalue weighted by molar-refractivity contribution is -0.0854. The van der Waals surface area contributed by atoms with Crippen molar-refractivity contribution in [1.29, 1.82) is 0 Å². The van der Waals surface area contributed by atoms with Crippen LogP contribution in [-0.2, 0) is 8.85 Å². The van der Waals surface area contributed by atoms with Gasteiger partial charge in [-0.3, -0.25) is 4.79 Å². The molecule has 0 radical (unpaired) electrons. The number of benzene rings is 1. The van der Waals surface area contributed by atoms with E-state index in [1.165, 1.54) is 18.4 Å². The van der Waals surface area contributed by atoms with Gasteiger partial charge in [-0.15, -0.1) is 0 Å². The van der Waals surface area contributed by atoms with Crippen molar-refractivity contribution in [2.45, 2.75) is 58.4 Å². The molecular weight excluding hydrogens is 336 g/mol. The molecule has 0 bridgehead atoms. The van der Waals surface area contributed by atoms with Gasteiger partial charge in [-0.1, -0.05) is 33.0 Å². The maximum absolute atomic E-state index is 11.4. The van der Waals surface area contributed by atoms with E-state index in [0.29, 0.717) is 23.8 Å². The van der Waals surface area contributed by atoms with Crippen molar-refractivity contribution < 1.29 is 18.4 Å². The van der Waals surface area contributed by atoms with Crippen LogP contribution in [0.25, 0.3) is 0 Å². The number of rotatable bonds is 11. The van der Waals surface area contributed by atoms with Gasteiger partial charge in [0.05, 0.1) is 12.2 Å². The molecule has 1 aromatic carbocycles. The SMILES string of the molecule is C[SiH2]OC(O[SiH2]C)C(C)(C)CCOc1ccc(C2CC2)cc1C=O. The number of carbonyl (C=O) groups excluding carboxylic acids is 1. The van der Waals surface area contributed by atoms with Crippen molar-refractivity contribution >= 4 is 25.8 Å². The topological polar surface area (TPSA) is 44.8 Å². The van der Waals surface area contributed by atoms with Crippen LogP contribution in [0.5, 0.6) is 5.75 Å². The summed E-state index contributed by atoms with van der Waals surface area (Å²) in [6.07, 6.45) is 4.05. The fourth-order valence-electron chi connectivity index (χ4n) is 2.81. The first kappa shape index (κ1) is 19.4. The highest BCUT2D eigenvalue weighted by atomic mass is 28.2. The molecule has 0 saturated heterocycles.